The molecule has 1 aliphatic heterocycles. The number of carbonyl (C=O) groups is 1. The van der Waals surface area contributed by atoms with Crippen molar-refractivity contribution in [3.05, 3.63) is 42.4 Å². The van der Waals surface area contributed by atoms with E-state index >= 15 is 0 Å². The van der Waals surface area contributed by atoms with Gasteiger partial charge in [0, 0.05) is 37.5 Å². The van der Waals surface area contributed by atoms with E-state index in [0.29, 0.717) is 35.5 Å². The molecule has 36 heavy (non-hydrogen) atoms. The first kappa shape index (κ1) is 24.2. The van der Waals surface area contributed by atoms with Crippen molar-refractivity contribution < 1.29 is 13.9 Å². The van der Waals surface area contributed by atoms with Gasteiger partial charge >= 0.3 is 6.09 Å². The van der Waals surface area contributed by atoms with E-state index in [1.165, 1.54) is 24.2 Å². The number of aryl methyl sites for hydroxylation is 1. The topological polar surface area (TPSA) is 99.2 Å². The third-order valence-electron chi connectivity index (χ3n) is 7.48. The molecule has 1 amide bonds. The minimum Gasteiger partial charge on any atom is -0.444 e. The van der Waals surface area contributed by atoms with Crippen LogP contribution in [-0.2, 0) is 11.8 Å². The average molecular weight is 493 g/mol. The van der Waals surface area contributed by atoms with Crippen LogP contribution < -0.4 is 5.73 Å². The summed E-state index contributed by atoms with van der Waals surface area (Å²) in [6.45, 7) is 7.09. The standard InChI is InChI=1S/C27H33FN6O2/c1-26(2,3)36-25(35)34-11-9-27(10-12-34)7-5-17(6-8-27)22-20(18-13-19(28)15-30-14-18)21-23(29)31-16-32-24(21)33(22)4/h5,13-16H,6-12H2,1-4H3,(H2,29,31,32). The van der Waals surface area contributed by atoms with Crippen LogP contribution in [0.5, 0.6) is 0 Å². The second-order valence-electron chi connectivity index (χ2n) is 11.0. The molecule has 0 atom stereocenters. The van der Waals surface area contributed by atoms with Gasteiger partial charge in [-0.25, -0.2) is 19.2 Å². The van der Waals surface area contributed by atoms with Gasteiger partial charge in [0.15, 0.2) is 0 Å². The van der Waals surface area contributed by atoms with Gasteiger partial charge in [-0.1, -0.05) is 6.08 Å². The van der Waals surface area contributed by atoms with Gasteiger partial charge in [0.25, 0.3) is 0 Å². The Hall–Kier alpha value is -3.49. The highest BCUT2D eigenvalue weighted by atomic mass is 19.1. The first-order chi connectivity index (χ1) is 17.1. The first-order valence-corrected chi connectivity index (χ1v) is 12.4. The van der Waals surface area contributed by atoms with Crippen molar-refractivity contribution in [1.82, 2.24) is 24.4 Å². The molecule has 1 fully saturated rings. The minimum atomic E-state index is -0.490. The van der Waals surface area contributed by atoms with Gasteiger partial charge in [-0.15, -0.1) is 0 Å². The molecule has 3 aromatic heterocycles. The molecule has 0 radical (unpaired) electrons. The van der Waals surface area contributed by atoms with Crippen LogP contribution in [0.2, 0.25) is 0 Å². The van der Waals surface area contributed by atoms with E-state index in [2.05, 4.69) is 21.0 Å². The van der Waals surface area contributed by atoms with Crippen molar-refractivity contribution in [2.24, 2.45) is 12.5 Å². The van der Waals surface area contributed by atoms with Crippen LogP contribution in [0.4, 0.5) is 15.0 Å². The summed E-state index contributed by atoms with van der Waals surface area (Å²) in [6, 6.07) is 1.48. The molecule has 1 saturated heterocycles. The first-order valence-electron chi connectivity index (χ1n) is 12.4. The second kappa shape index (κ2) is 8.87. The van der Waals surface area contributed by atoms with E-state index in [-0.39, 0.29) is 11.5 Å². The fraction of sp³-hybridized carbons (Fsp3) is 0.481. The lowest BCUT2D eigenvalue weighted by Crippen LogP contribution is -2.45. The Labute approximate surface area is 210 Å². The predicted molar refractivity (Wildman–Crippen MR) is 137 cm³/mol. The van der Waals surface area contributed by atoms with E-state index in [1.807, 2.05) is 37.3 Å². The summed E-state index contributed by atoms with van der Waals surface area (Å²) in [6.07, 6.45) is 11.1. The molecule has 0 bridgehead atoms. The molecular weight excluding hydrogens is 459 g/mol. The number of rotatable bonds is 2. The predicted octanol–water partition coefficient (Wildman–Crippen LogP) is 5.34. The Morgan fingerprint density at radius 2 is 1.92 bits per heavy atom. The van der Waals surface area contributed by atoms with Gasteiger partial charge in [0.2, 0.25) is 0 Å². The maximum Gasteiger partial charge on any atom is 0.410 e. The molecule has 1 spiro atoms. The summed E-state index contributed by atoms with van der Waals surface area (Å²) in [5.41, 5.74) is 10.3. The quantitative estimate of drug-likeness (QED) is 0.519. The highest BCUT2D eigenvalue weighted by molar-refractivity contribution is 6.05. The number of halogens is 1. The third-order valence-corrected chi connectivity index (χ3v) is 7.48. The second-order valence-corrected chi connectivity index (χ2v) is 11.0. The lowest BCUT2D eigenvalue weighted by Gasteiger charge is -2.43. The zero-order valence-electron chi connectivity index (χ0n) is 21.3. The number of ether oxygens (including phenoxy) is 1. The number of likely N-dealkylation sites (tertiary alicyclic amines) is 1. The molecule has 190 valence electrons. The van der Waals surface area contributed by atoms with Crippen molar-refractivity contribution in [2.75, 3.05) is 18.8 Å². The van der Waals surface area contributed by atoms with Crippen LogP contribution in [-0.4, -0.2) is 49.2 Å². The number of hydrogen-bond acceptors (Lipinski definition) is 6. The Morgan fingerprint density at radius 3 is 2.56 bits per heavy atom. The highest BCUT2D eigenvalue weighted by Crippen LogP contribution is 2.48. The lowest BCUT2D eigenvalue weighted by molar-refractivity contribution is 0.00896. The fourth-order valence-electron chi connectivity index (χ4n) is 5.58. The van der Waals surface area contributed by atoms with Crippen LogP contribution in [0.1, 0.15) is 58.6 Å². The van der Waals surface area contributed by atoms with Crippen LogP contribution in [0.15, 0.2) is 30.9 Å². The molecule has 4 heterocycles. The maximum absolute atomic E-state index is 14.2. The van der Waals surface area contributed by atoms with Gasteiger partial charge < -0.3 is 19.9 Å². The number of nitrogen functional groups attached to an aromatic ring is 1. The Morgan fingerprint density at radius 1 is 1.17 bits per heavy atom. The third kappa shape index (κ3) is 4.42. The summed E-state index contributed by atoms with van der Waals surface area (Å²) < 4.78 is 21.8. The molecule has 0 saturated carbocycles. The molecule has 0 aromatic carbocycles. The minimum absolute atomic E-state index is 0.173. The monoisotopic (exact) mass is 492 g/mol. The molecule has 0 unspecified atom stereocenters. The van der Waals surface area contributed by atoms with E-state index in [4.69, 9.17) is 10.5 Å². The summed E-state index contributed by atoms with van der Waals surface area (Å²) in [4.78, 5) is 27.1. The van der Waals surface area contributed by atoms with Crippen LogP contribution in [0.3, 0.4) is 0 Å². The average Bonchev–Trinajstić information content (AvgIpc) is 3.13. The van der Waals surface area contributed by atoms with Crippen LogP contribution >= 0.6 is 0 Å². The number of nitrogens with two attached hydrogens (primary N) is 1. The zero-order chi connectivity index (χ0) is 25.7. The number of hydrogen-bond donors (Lipinski definition) is 1. The number of amides is 1. The highest BCUT2D eigenvalue weighted by Gasteiger charge is 2.38. The van der Waals surface area contributed by atoms with Crippen molar-refractivity contribution in [1.29, 1.82) is 0 Å². The number of carbonyl (C=O) groups excluding carboxylic acids is 1. The lowest BCUT2D eigenvalue weighted by atomic mass is 9.68. The summed E-state index contributed by atoms with van der Waals surface area (Å²) >= 11 is 0. The number of pyridine rings is 1. The summed E-state index contributed by atoms with van der Waals surface area (Å²) in [5.74, 6) is -0.0392. The van der Waals surface area contributed by atoms with Gasteiger partial charge in [0.1, 0.15) is 29.2 Å². The SMILES string of the molecule is Cn1c(C2=CCC3(CC2)CCN(C(=O)OC(C)(C)C)CC3)c(-c2cncc(F)c2)c2c(N)ncnc21. The number of anilines is 1. The molecular formula is C27H33FN6O2. The van der Waals surface area contributed by atoms with E-state index in [1.54, 1.807) is 6.20 Å². The molecule has 9 heteroatoms. The van der Waals surface area contributed by atoms with Gasteiger partial charge in [0.05, 0.1) is 17.3 Å². The number of fused-ring (bicyclic) bond motifs is 1. The Kier molecular flexibility index (Phi) is 5.97. The Bertz CT molecular complexity index is 1350. The largest absolute Gasteiger partial charge is 0.444 e. The smallest absolute Gasteiger partial charge is 0.410 e. The zero-order valence-corrected chi connectivity index (χ0v) is 21.3. The normalized spacial score (nSPS) is 17.9. The summed E-state index contributed by atoms with van der Waals surface area (Å²) in [5, 5.41) is 0.717. The molecule has 2 N–H and O–H groups in total. The number of piperidine rings is 1. The summed E-state index contributed by atoms with van der Waals surface area (Å²) in [7, 11) is 1.96. The van der Waals surface area contributed by atoms with Crippen molar-refractivity contribution in [2.45, 2.75) is 58.5 Å². The van der Waals surface area contributed by atoms with Gasteiger partial charge in [-0.05, 0) is 69.9 Å². The van der Waals surface area contributed by atoms with E-state index < -0.39 is 11.4 Å². The van der Waals surface area contributed by atoms with Crippen molar-refractivity contribution >= 4 is 28.5 Å². The van der Waals surface area contributed by atoms with Gasteiger partial charge in [-0.3, -0.25) is 4.98 Å². The number of allylic oxidation sites excluding steroid dienone is 2. The number of nitrogens with zero attached hydrogens (tertiary/aromatic N) is 5. The van der Waals surface area contributed by atoms with E-state index in [0.717, 1.165) is 43.4 Å². The van der Waals surface area contributed by atoms with Crippen LogP contribution in [0, 0.1) is 11.2 Å². The maximum atomic E-state index is 14.2. The van der Waals surface area contributed by atoms with E-state index in [9.17, 15) is 9.18 Å². The molecule has 1 aliphatic carbocycles. The van der Waals surface area contributed by atoms with Gasteiger partial charge in [-0.2, -0.15) is 0 Å². The Balaban J connectivity index is 1.44. The number of aromatic nitrogens is 4. The van der Waals surface area contributed by atoms with Crippen LogP contribution in [0.25, 0.3) is 27.7 Å². The molecule has 5 rings (SSSR count). The molecule has 3 aromatic rings. The van der Waals surface area contributed by atoms with Crippen molar-refractivity contribution in [3.8, 4) is 11.1 Å². The fourth-order valence-corrected chi connectivity index (χ4v) is 5.58. The van der Waals surface area contributed by atoms with Crippen molar-refractivity contribution in [3.63, 3.8) is 0 Å². The molecule has 8 nitrogen and oxygen atoms in total. The molecule has 2 aliphatic rings.